The van der Waals surface area contributed by atoms with Gasteiger partial charge >= 0.3 is 0 Å². The number of pyridine rings is 1. The lowest BCUT2D eigenvalue weighted by Crippen LogP contribution is -2.07. The lowest BCUT2D eigenvalue weighted by atomic mass is 10.3. The summed E-state index contributed by atoms with van der Waals surface area (Å²) >= 11 is 0. The van der Waals surface area contributed by atoms with Crippen molar-refractivity contribution in [1.82, 2.24) is 19.7 Å². The van der Waals surface area contributed by atoms with Crippen molar-refractivity contribution >= 4 is 16.8 Å². The normalized spacial score (nSPS) is 10.9. The van der Waals surface area contributed by atoms with Crippen LogP contribution in [0.15, 0.2) is 35.3 Å². The third kappa shape index (κ3) is 2.04. The summed E-state index contributed by atoms with van der Waals surface area (Å²) in [7, 11) is 1.86. The molecule has 0 saturated heterocycles. The van der Waals surface area contributed by atoms with Gasteiger partial charge in [0.25, 0.3) is 0 Å². The summed E-state index contributed by atoms with van der Waals surface area (Å²) in [6.45, 7) is 0.737. The Bertz CT molecular complexity index is 657. The van der Waals surface area contributed by atoms with Crippen LogP contribution in [0.4, 0.5) is 5.82 Å². The fourth-order valence-electron chi connectivity index (χ4n) is 1.83. The van der Waals surface area contributed by atoms with Crippen molar-refractivity contribution in [3.63, 3.8) is 0 Å². The van der Waals surface area contributed by atoms with Gasteiger partial charge in [0.05, 0.1) is 11.6 Å². The van der Waals surface area contributed by atoms with E-state index in [-0.39, 0.29) is 0 Å². The first-order valence-electron chi connectivity index (χ1n) is 5.73. The maximum absolute atomic E-state index is 5.32. The molecule has 1 N–H and O–H groups in total. The highest BCUT2D eigenvalue weighted by atomic mass is 16.3. The molecule has 0 aliphatic rings. The summed E-state index contributed by atoms with van der Waals surface area (Å²) < 4.78 is 7.02. The Balaban J connectivity index is 1.68. The van der Waals surface area contributed by atoms with Gasteiger partial charge < -0.3 is 9.73 Å². The Morgan fingerprint density at radius 2 is 2.28 bits per heavy atom. The smallest absolute Gasteiger partial charge is 0.152 e. The van der Waals surface area contributed by atoms with Crippen LogP contribution in [-0.2, 0) is 13.5 Å². The highest BCUT2D eigenvalue weighted by molar-refractivity contribution is 5.87. The maximum atomic E-state index is 5.32. The van der Waals surface area contributed by atoms with Gasteiger partial charge in [0.15, 0.2) is 5.82 Å². The number of nitrogens with one attached hydrogen (secondary N) is 1. The second-order valence-electron chi connectivity index (χ2n) is 4.00. The molecule has 6 nitrogen and oxygen atoms in total. The number of aromatic nitrogens is 4. The van der Waals surface area contributed by atoms with Crippen molar-refractivity contribution in [2.75, 3.05) is 11.9 Å². The van der Waals surface area contributed by atoms with Crippen molar-refractivity contribution < 1.29 is 4.42 Å². The minimum atomic E-state index is 0.737. The van der Waals surface area contributed by atoms with Gasteiger partial charge in [-0.25, -0.2) is 9.97 Å². The van der Waals surface area contributed by atoms with Crippen LogP contribution in [-0.4, -0.2) is 26.3 Å². The Labute approximate surface area is 104 Å². The van der Waals surface area contributed by atoms with Gasteiger partial charge in [-0.15, -0.1) is 0 Å². The minimum Gasteiger partial charge on any atom is -0.464 e. The summed E-state index contributed by atoms with van der Waals surface area (Å²) in [6, 6.07) is 3.75. The molecule has 3 aromatic heterocycles. The van der Waals surface area contributed by atoms with Crippen LogP contribution >= 0.6 is 0 Å². The summed E-state index contributed by atoms with van der Waals surface area (Å²) in [5.41, 5.74) is 0.837. The molecule has 0 saturated carbocycles. The predicted molar refractivity (Wildman–Crippen MR) is 67.2 cm³/mol. The zero-order valence-electron chi connectivity index (χ0n) is 10.00. The van der Waals surface area contributed by atoms with E-state index in [1.807, 2.05) is 19.2 Å². The predicted octanol–water partition coefficient (Wildman–Crippen LogP) is 1.61. The maximum Gasteiger partial charge on any atom is 0.152 e. The van der Waals surface area contributed by atoms with Gasteiger partial charge in [-0.3, -0.25) is 4.68 Å². The van der Waals surface area contributed by atoms with Crippen LogP contribution in [0.25, 0.3) is 11.0 Å². The summed E-state index contributed by atoms with van der Waals surface area (Å²) in [6.07, 6.45) is 5.85. The first-order valence-corrected chi connectivity index (χ1v) is 5.73. The van der Waals surface area contributed by atoms with Gasteiger partial charge in [-0.1, -0.05) is 0 Å². The van der Waals surface area contributed by atoms with E-state index in [0.717, 1.165) is 35.6 Å². The van der Waals surface area contributed by atoms with E-state index in [1.165, 1.54) is 0 Å². The molecular formula is C12H13N5O. The standard InChI is InChI=1S/C12H13N5O/c1-17-8-15-11(16-17)3-6-14-12-9-4-7-18-10(9)2-5-13-12/h2,4-5,7-8H,3,6H2,1H3,(H,13,14). The Kier molecular flexibility index (Phi) is 2.68. The van der Waals surface area contributed by atoms with E-state index in [1.54, 1.807) is 23.5 Å². The molecule has 6 heteroatoms. The minimum absolute atomic E-state index is 0.737. The first-order chi connectivity index (χ1) is 8.83. The van der Waals surface area contributed by atoms with Gasteiger partial charge in [-0.05, 0) is 12.1 Å². The second kappa shape index (κ2) is 4.48. The van der Waals surface area contributed by atoms with Crippen LogP contribution < -0.4 is 5.32 Å². The molecule has 3 aromatic rings. The number of furan rings is 1. The van der Waals surface area contributed by atoms with Crippen LogP contribution in [0.3, 0.4) is 0 Å². The van der Waals surface area contributed by atoms with E-state index in [4.69, 9.17) is 4.42 Å². The zero-order chi connectivity index (χ0) is 12.4. The van der Waals surface area contributed by atoms with E-state index >= 15 is 0 Å². The fraction of sp³-hybridized carbons (Fsp3) is 0.250. The molecule has 92 valence electrons. The van der Waals surface area contributed by atoms with E-state index < -0.39 is 0 Å². The first kappa shape index (κ1) is 10.8. The van der Waals surface area contributed by atoms with Crippen LogP contribution in [0.2, 0.25) is 0 Å². The van der Waals surface area contributed by atoms with Crippen LogP contribution in [0, 0.1) is 0 Å². The third-order valence-corrected chi connectivity index (χ3v) is 2.67. The molecule has 0 bridgehead atoms. The molecule has 3 heterocycles. The van der Waals surface area contributed by atoms with E-state index in [0.29, 0.717) is 0 Å². The zero-order valence-corrected chi connectivity index (χ0v) is 10.00. The number of aryl methyl sites for hydroxylation is 1. The van der Waals surface area contributed by atoms with E-state index in [2.05, 4.69) is 20.4 Å². The molecule has 0 aliphatic heterocycles. The number of anilines is 1. The van der Waals surface area contributed by atoms with Crippen molar-refractivity contribution in [2.45, 2.75) is 6.42 Å². The Hall–Kier alpha value is -2.37. The van der Waals surface area contributed by atoms with Crippen molar-refractivity contribution in [2.24, 2.45) is 7.05 Å². The van der Waals surface area contributed by atoms with Gasteiger partial charge in [-0.2, -0.15) is 5.10 Å². The molecule has 3 rings (SSSR count). The fourth-order valence-corrected chi connectivity index (χ4v) is 1.83. The average Bonchev–Trinajstić information content (AvgIpc) is 2.98. The molecule has 0 unspecified atom stereocenters. The Morgan fingerprint density at radius 1 is 1.33 bits per heavy atom. The second-order valence-corrected chi connectivity index (χ2v) is 4.00. The molecule has 0 aliphatic carbocycles. The topological polar surface area (TPSA) is 68.8 Å². The average molecular weight is 243 g/mol. The van der Waals surface area contributed by atoms with Gasteiger partial charge in [0, 0.05) is 26.2 Å². The summed E-state index contributed by atoms with van der Waals surface area (Å²) in [5, 5.41) is 8.48. The molecule has 0 fully saturated rings. The quantitative estimate of drug-likeness (QED) is 0.754. The lowest BCUT2D eigenvalue weighted by molar-refractivity contribution is 0.615. The molecule has 0 aromatic carbocycles. The molecule has 0 atom stereocenters. The van der Waals surface area contributed by atoms with Gasteiger partial charge in [0.1, 0.15) is 17.7 Å². The number of hydrogen-bond donors (Lipinski definition) is 1. The number of fused-ring (bicyclic) bond motifs is 1. The summed E-state index contributed by atoms with van der Waals surface area (Å²) in [5.74, 6) is 1.65. The largest absolute Gasteiger partial charge is 0.464 e. The third-order valence-electron chi connectivity index (χ3n) is 2.67. The lowest BCUT2D eigenvalue weighted by Gasteiger charge is -2.04. The van der Waals surface area contributed by atoms with Gasteiger partial charge in [0.2, 0.25) is 0 Å². The highest BCUT2D eigenvalue weighted by Crippen LogP contribution is 2.21. The molecule has 0 spiro atoms. The molecular weight excluding hydrogens is 230 g/mol. The Morgan fingerprint density at radius 3 is 3.11 bits per heavy atom. The highest BCUT2D eigenvalue weighted by Gasteiger charge is 2.04. The number of nitrogens with zero attached hydrogens (tertiary/aromatic N) is 4. The number of hydrogen-bond acceptors (Lipinski definition) is 5. The molecule has 0 amide bonds. The SMILES string of the molecule is Cn1cnc(CCNc2nccc3occc23)n1. The van der Waals surface area contributed by atoms with Crippen LogP contribution in [0.5, 0.6) is 0 Å². The molecule has 18 heavy (non-hydrogen) atoms. The number of rotatable bonds is 4. The monoisotopic (exact) mass is 243 g/mol. The van der Waals surface area contributed by atoms with Crippen molar-refractivity contribution in [1.29, 1.82) is 0 Å². The van der Waals surface area contributed by atoms with Crippen molar-refractivity contribution in [3.8, 4) is 0 Å². The summed E-state index contributed by atoms with van der Waals surface area (Å²) in [4.78, 5) is 8.47. The van der Waals surface area contributed by atoms with Crippen molar-refractivity contribution in [3.05, 3.63) is 36.7 Å². The van der Waals surface area contributed by atoms with E-state index in [9.17, 15) is 0 Å². The van der Waals surface area contributed by atoms with Crippen LogP contribution in [0.1, 0.15) is 5.82 Å². The molecule has 0 radical (unpaired) electrons.